The van der Waals surface area contributed by atoms with E-state index < -0.39 is 0 Å². The maximum atomic E-state index is 14.0. The number of nitrogens with zero attached hydrogens (tertiary/aromatic N) is 4. The Kier molecular flexibility index (Phi) is 3.48. The molecule has 0 spiro atoms. The summed E-state index contributed by atoms with van der Waals surface area (Å²) in [6.07, 6.45) is 2.46. The van der Waals surface area contributed by atoms with Crippen molar-refractivity contribution in [3.8, 4) is 0 Å². The molecule has 1 fully saturated rings. The molecule has 0 atom stereocenters. The highest BCUT2D eigenvalue weighted by atomic mass is 32.2. The van der Waals surface area contributed by atoms with Crippen molar-refractivity contribution < 1.29 is 4.39 Å². The third kappa shape index (κ3) is 3.10. The van der Waals surface area contributed by atoms with Crippen LogP contribution in [0.4, 0.5) is 4.39 Å². The van der Waals surface area contributed by atoms with Gasteiger partial charge in [-0.2, -0.15) is 0 Å². The molecule has 7 heteroatoms. The number of hydrogen-bond donors (Lipinski definition) is 1. The molecule has 19 heavy (non-hydrogen) atoms. The topological polar surface area (TPSA) is 55.6 Å². The predicted octanol–water partition coefficient (Wildman–Crippen LogP) is 1.75. The number of nitrogens with one attached hydrogen (secondary N) is 1. The SMILES string of the molecule is Cn1nnnc1Sc1ccc(CNC2CC2)cc1F. The molecule has 0 radical (unpaired) electrons. The Labute approximate surface area is 114 Å². The number of aryl methyl sites for hydroxylation is 1. The summed E-state index contributed by atoms with van der Waals surface area (Å²) in [6, 6.07) is 5.91. The number of halogens is 1. The first-order valence-corrected chi connectivity index (χ1v) is 6.96. The first-order chi connectivity index (χ1) is 9.22. The lowest BCUT2D eigenvalue weighted by Gasteiger charge is -2.06. The molecule has 3 rings (SSSR count). The Hall–Kier alpha value is -1.47. The third-order valence-corrected chi connectivity index (χ3v) is 4.03. The van der Waals surface area contributed by atoms with E-state index in [9.17, 15) is 4.39 Å². The largest absolute Gasteiger partial charge is 0.310 e. The van der Waals surface area contributed by atoms with Crippen LogP contribution < -0.4 is 5.32 Å². The molecule has 0 saturated heterocycles. The quantitative estimate of drug-likeness (QED) is 0.903. The fraction of sp³-hybridized carbons (Fsp3) is 0.417. The van der Waals surface area contributed by atoms with E-state index in [0.29, 0.717) is 16.1 Å². The molecular weight excluding hydrogens is 265 g/mol. The van der Waals surface area contributed by atoms with E-state index in [0.717, 1.165) is 12.1 Å². The summed E-state index contributed by atoms with van der Waals surface area (Å²) < 4.78 is 15.5. The number of hydrogen-bond acceptors (Lipinski definition) is 5. The summed E-state index contributed by atoms with van der Waals surface area (Å²) in [4.78, 5) is 0.535. The fourth-order valence-electron chi connectivity index (χ4n) is 1.69. The third-order valence-electron chi connectivity index (χ3n) is 2.95. The van der Waals surface area contributed by atoms with Gasteiger partial charge < -0.3 is 5.32 Å². The monoisotopic (exact) mass is 279 g/mol. The van der Waals surface area contributed by atoms with Gasteiger partial charge in [0.15, 0.2) is 0 Å². The van der Waals surface area contributed by atoms with Gasteiger partial charge in [0.2, 0.25) is 5.16 Å². The zero-order valence-corrected chi connectivity index (χ0v) is 11.3. The summed E-state index contributed by atoms with van der Waals surface area (Å²) in [6.45, 7) is 0.720. The predicted molar refractivity (Wildman–Crippen MR) is 69.2 cm³/mol. The van der Waals surface area contributed by atoms with Gasteiger partial charge in [0.05, 0.1) is 4.90 Å². The second-order valence-corrected chi connectivity index (χ2v) is 5.62. The first-order valence-electron chi connectivity index (χ1n) is 6.14. The van der Waals surface area contributed by atoms with Crippen LogP contribution in [-0.4, -0.2) is 26.2 Å². The molecule has 1 saturated carbocycles. The van der Waals surface area contributed by atoms with Crippen LogP contribution in [0, 0.1) is 5.82 Å². The van der Waals surface area contributed by atoms with Gasteiger partial charge >= 0.3 is 0 Å². The van der Waals surface area contributed by atoms with Crippen LogP contribution in [0.25, 0.3) is 0 Å². The van der Waals surface area contributed by atoms with Crippen LogP contribution in [0.2, 0.25) is 0 Å². The second kappa shape index (κ2) is 5.26. The summed E-state index contributed by atoms with van der Waals surface area (Å²) in [5.41, 5.74) is 0.963. The summed E-state index contributed by atoms with van der Waals surface area (Å²) in [7, 11) is 1.73. The summed E-state index contributed by atoms with van der Waals surface area (Å²) in [5.74, 6) is -0.233. The number of tetrazole rings is 1. The first kappa shape index (κ1) is 12.6. The van der Waals surface area contributed by atoms with Crippen molar-refractivity contribution in [1.29, 1.82) is 0 Å². The lowest BCUT2D eigenvalue weighted by molar-refractivity contribution is 0.594. The molecule has 100 valence electrons. The van der Waals surface area contributed by atoms with Gasteiger partial charge in [-0.25, -0.2) is 9.07 Å². The Bertz CT molecular complexity index is 581. The minimum atomic E-state index is -0.233. The maximum Gasteiger partial charge on any atom is 0.213 e. The van der Waals surface area contributed by atoms with Crippen molar-refractivity contribution in [2.24, 2.45) is 7.05 Å². The van der Waals surface area contributed by atoms with E-state index in [4.69, 9.17) is 0 Å². The average molecular weight is 279 g/mol. The van der Waals surface area contributed by atoms with Crippen molar-refractivity contribution in [1.82, 2.24) is 25.5 Å². The highest BCUT2D eigenvalue weighted by Gasteiger charge is 2.20. The molecule has 0 unspecified atom stereocenters. The van der Waals surface area contributed by atoms with E-state index in [1.807, 2.05) is 6.07 Å². The van der Waals surface area contributed by atoms with E-state index in [1.165, 1.54) is 29.3 Å². The van der Waals surface area contributed by atoms with Crippen LogP contribution in [-0.2, 0) is 13.6 Å². The molecule has 0 aliphatic heterocycles. The van der Waals surface area contributed by atoms with Crippen LogP contribution >= 0.6 is 11.8 Å². The van der Waals surface area contributed by atoms with E-state index >= 15 is 0 Å². The van der Waals surface area contributed by atoms with Gasteiger partial charge in [-0.15, -0.1) is 5.10 Å². The minimum Gasteiger partial charge on any atom is -0.310 e. The standard InChI is InChI=1S/C12H14FN5S/c1-18-12(15-16-17-18)19-11-5-2-8(6-10(11)13)7-14-9-3-4-9/h2,5-6,9,14H,3-4,7H2,1H3. The van der Waals surface area contributed by atoms with Crippen molar-refractivity contribution in [3.63, 3.8) is 0 Å². The highest BCUT2D eigenvalue weighted by molar-refractivity contribution is 7.99. The van der Waals surface area contributed by atoms with E-state index in [-0.39, 0.29) is 5.82 Å². The van der Waals surface area contributed by atoms with Crippen molar-refractivity contribution in [2.45, 2.75) is 35.5 Å². The smallest absolute Gasteiger partial charge is 0.213 e. The molecule has 2 aromatic rings. The van der Waals surface area contributed by atoms with Crippen molar-refractivity contribution in [2.75, 3.05) is 0 Å². The summed E-state index contributed by atoms with van der Waals surface area (Å²) >= 11 is 1.22. The molecule has 0 bridgehead atoms. The van der Waals surface area contributed by atoms with Crippen LogP contribution in [0.1, 0.15) is 18.4 Å². The lowest BCUT2D eigenvalue weighted by atomic mass is 10.2. The highest BCUT2D eigenvalue weighted by Crippen LogP contribution is 2.28. The second-order valence-electron chi connectivity index (χ2n) is 4.61. The average Bonchev–Trinajstić information content (AvgIpc) is 3.14. The zero-order valence-electron chi connectivity index (χ0n) is 10.5. The molecule has 1 heterocycles. The Morgan fingerprint density at radius 3 is 2.95 bits per heavy atom. The molecule has 1 aromatic carbocycles. The van der Waals surface area contributed by atoms with Gasteiger partial charge in [-0.05, 0) is 52.7 Å². The van der Waals surface area contributed by atoms with Crippen LogP contribution in [0.3, 0.4) is 0 Å². The Morgan fingerprint density at radius 1 is 1.47 bits per heavy atom. The molecule has 1 aliphatic carbocycles. The molecule has 0 amide bonds. The maximum absolute atomic E-state index is 14.0. The van der Waals surface area contributed by atoms with Crippen molar-refractivity contribution in [3.05, 3.63) is 29.6 Å². The molecule has 1 aliphatic rings. The van der Waals surface area contributed by atoms with Gasteiger partial charge in [0.1, 0.15) is 5.82 Å². The Morgan fingerprint density at radius 2 is 2.32 bits per heavy atom. The van der Waals surface area contributed by atoms with E-state index in [2.05, 4.69) is 20.8 Å². The lowest BCUT2D eigenvalue weighted by Crippen LogP contribution is -2.15. The van der Waals surface area contributed by atoms with Gasteiger partial charge in [-0.3, -0.25) is 0 Å². The molecule has 1 aromatic heterocycles. The summed E-state index contributed by atoms with van der Waals surface area (Å²) in [5, 5.41) is 15.0. The number of rotatable bonds is 5. The van der Waals surface area contributed by atoms with Gasteiger partial charge in [0, 0.05) is 19.6 Å². The van der Waals surface area contributed by atoms with Gasteiger partial charge in [-0.1, -0.05) is 6.07 Å². The fourth-order valence-corrected chi connectivity index (χ4v) is 2.43. The Balaban J connectivity index is 1.70. The molecular formula is C12H14FN5S. The van der Waals surface area contributed by atoms with Crippen molar-refractivity contribution >= 4 is 11.8 Å². The zero-order chi connectivity index (χ0) is 13.2. The minimum absolute atomic E-state index is 0.233. The number of benzene rings is 1. The number of aromatic nitrogens is 4. The van der Waals surface area contributed by atoms with Crippen LogP contribution in [0.5, 0.6) is 0 Å². The molecule has 5 nitrogen and oxygen atoms in total. The van der Waals surface area contributed by atoms with Gasteiger partial charge in [0.25, 0.3) is 0 Å². The van der Waals surface area contributed by atoms with Crippen LogP contribution in [0.15, 0.2) is 28.3 Å². The normalized spacial score (nSPS) is 14.8. The molecule has 1 N–H and O–H groups in total. The van der Waals surface area contributed by atoms with E-state index in [1.54, 1.807) is 19.2 Å².